The van der Waals surface area contributed by atoms with Crippen LogP contribution in [0.5, 0.6) is 0 Å². The van der Waals surface area contributed by atoms with E-state index in [1.54, 1.807) is 36.5 Å². The van der Waals surface area contributed by atoms with Crippen LogP contribution in [0.15, 0.2) is 52.3 Å². The Labute approximate surface area is 319 Å². The van der Waals surface area contributed by atoms with Gasteiger partial charge in [0.15, 0.2) is 0 Å². The first-order valence-corrected chi connectivity index (χ1v) is 19.2. The van der Waals surface area contributed by atoms with E-state index < -0.39 is 11.4 Å². The topological polar surface area (TPSA) is 255 Å². The number of nitrogens with one attached hydrogen (secondary N) is 4. The highest BCUT2D eigenvalue weighted by Crippen LogP contribution is 2.30. The minimum Gasteiger partial charge on any atom is -0.322 e. The predicted octanol–water partition coefficient (Wildman–Crippen LogP) is 1.29. The summed E-state index contributed by atoms with van der Waals surface area (Å²) in [4.78, 5) is 66.0. The number of anilines is 2. The number of nitrogens with zero attached hydrogens (tertiary/aromatic N) is 8. The number of hydrogen-bond acceptors (Lipinski definition) is 16. The molecule has 2 aliphatic heterocycles. The molecule has 2 amide bonds. The van der Waals surface area contributed by atoms with Gasteiger partial charge in [-0.15, -0.1) is 0 Å². The average molecular weight is 789 g/mol. The fourth-order valence-corrected chi connectivity index (χ4v) is 8.05. The second-order valence-electron chi connectivity index (χ2n) is 12.8. The van der Waals surface area contributed by atoms with Crippen LogP contribution in [0.2, 0.25) is 0 Å². The summed E-state index contributed by atoms with van der Waals surface area (Å²) in [5.74, 6) is -0.621. The first kappa shape index (κ1) is 37.8. The Morgan fingerprint density at radius 3 is 1.82 bits per heavy atom. The molecule has 21 heteroatoms. The quantitative estimate of drug-likeness (QED) is 0.127. The summed E-state index contributed by atoms with van der Waals surface area (Å²) in [6.45, 7) is 3.14. The maximum atomic E-state index is 14.7. The molecule has 0 aromatic carbocycles. The van der Waals surface area contributed by atoms with Crippen LogP contribution >= 0.6 is 22.7 Å². The SMILES string of the molecule is NCC(=O)Nc1cc(-c2nn3c(=O)c(F)c(C4CCNCC4)nc3s2)ccn1.NCC(=O)Nc1cc(-c2nn3c(=O)cc(C4CCNCC4)nc3s2)ccn1. The standard InChI is InChI=1S/C17H18FN7O2S.C17H19N7O2S/c18-13-14(9-1-4-20-5-2-9)23-17-25(16(13)27)24-15(28-17)10-3-6-21-11(7-10)22-12(26)8-19;18-9-14(25)22-13-7-11(3-6-20-13)16-23-24-15(26)8-12(21-17(24)27-16)10-1-4-19-5-2-10/h3,6-7,9,20H,1-2,4-5,8,19H2,(H,21,22,26);3,6-8,10,19H,1-2,4-5,9,18H2,(H,20,22,25). The molecule has 2 fully saturated rings. The van der Waals surface area contributed by atoms with Crippen molar-refractivity contribution in [2.24, 2.45) is 11.5 Å². The van der Waals surface area contributed by atoms with Crippen molar-refractivity contribution in [2.45, 2.75) is 37.5 Å². The zero-order chi connectivity index (χ0) is 38.5. The maximum Gasteiger partial charge on any atom is 0.311 e. The molecular formula is C34H37FN14O4S2. The molecule has 0 bridgehead atoms. The zero-order valence-electron chi connectivity index (χ0n) is 29.3. The average Bonchev–Trinajstić information content (AvgIpc) is 3.86. The monoisotopic (exact) mass is 788 g/mol. The van der Waals surface area contributed by atoms with Gasteiger partial charge in [-0.1, -0.05) is 22.7 Å². The number of halogens is 1. The van der Waals surface area contributed by atoms with Gasteiger partial charge in [-0.05, 0) is 76.1 Å². The molecule has 0 spiro atoms. The Kier molecular flexibility index (Phi) is 11.6. The lowest BCUT2D eigenvalue weighted by Crippen LogP contribution is -2.30. The van der Waals surface area contributed by atoms with Gasteiger partial charge in [0, 0.05) is 41.4 Å². The second-order valence-corrected chi connectivity index (χ2v) is 14.7. The molecule has 0 aliphatic carbocycles. The summed E-state index contributed by atoms with van der Waals surface area (Å²) in [5.41, 5.74) is 12.0. The lowest BCUT2D eigenvalue weighted by molar-refractivity contribution is -0.115. The van der Waals surface area contributed by atoms with Gasteiger partial charge in [-0.3, -0.25) is 19.2 Å². The Hall–Kier alpha value is -5.45. The van der Waals surface area contributed by atoms with Crippen molar-refractivity contribution >= 4 is 56.0 Å². The van der Waals surface area contributed by atoms with E-state index in [2.05, 4.69) is 51.4 Å². The van der Waals surface area contributed by atoms with Crippen LogP contribution in [0.1, 0.15) is 48.9 Å². The molecule has 6 aromatic heterocycles. The highest BCUT2D eigenvalue weighted by Gasteiger charge is 2.25. The first-order valence-electron chi connectivity index (χ1n) is 17.5. The number of fused-ring (bicyclic) bond motifs is 2. The molecule has 286 valence electrons. The highest BCUT2D eigenvalue weighted by atomic mass is 32.1. The molecule has 55 heavy (non-hydrogen) atoms. The molecule has 8 N–H and O–H groups in total. The molecule has 2 saturated heterocycles. The number of nitrogens with two attached hydrogens (primary N) is 2. The van der Waals surface area contributed by atoms with Crippen LogP contribution in [0.4, 0.5) is 16.0 Å². The summed E-state index contributed by atoms with van der Waals surface area (Å²) >= 11 is 2.51. The number of carbonyl (C=O) groups is 2. The number of rotatable bonds is 8. The summed E-state index contributed by atoms with van der Waals surface area (Å²) < 4.78 is 17.0. The number of amides is 2. The summed E-state index contributed by atoms with van der Waals surface area (Å²) in [6, 6.07) is 8.36. The van der Waals surface area contributed by atoms with Gasteiger partial charge < -0.3 is 32.7 Å². The van der Waals surface area contributed by atoms with Gasteiger partial charge in [0.1, 0.15) is 21.7 Å². The lowest BCUT2D eigenvalue weighted by Gasteiger charge is -2.21. The van der Waals surface area contributed by atoms with E-state index in [9.17, 15) is 23.6 Å². The molecule has 0 atom stereocenters. The molecule has 2 aliphatic rings. The van der Waals surface area contributed by atoms with Crippen LogP contribution in [0.25, 0.3) is 31.1 Å². The Balaban J connectivity index is 0.000000169. The highest BCUT2D eigenvalue weighted by molar-refractivity contribution is 7.20. The van der Waals surface area contributed by atoms with Crippen molar-refractivity contribution in [1.29, 1.82) is 0 Å². The van der Waals surface area contributed by atoms with E-state index in [-0.39, 0.29) is 42.1 Å². The number of pyridine rings is 2. The Bertz CT molecular complexity index is 2470. The van der Waals surface area contributed by atoms with Crippen molar-refractivity contribution in [2.75, 3.05) is 49.9 Å². The van der Waals surface area contributed by atoms with Crippen LogP contribution < -0.4 is 43.9 Å². The van der Waals surface area contributed by atoms with Crippen molar-refractivity contribution < 1.29 is 14.0 Å². The number of aromatic nitrogens is 8. The summed E-state index contributed by atoms with van der Waals surface area (Å²) in [6.07, 6.45) is 6.50. The van der Waals surface area contributed by atoms with E-state index >= 15 is 0 Å². The van der Waals surface area contributed by atoms with Crippen LogP contribution in [0.3, 0.4) is 0 Å². The third-order valence-electron chi connectivity index (χ3n) is 9.05. The first-order chi connectivity index (χ1) is 26.7. The van der Waals surface area contributed by atoms with E-state index in [4.69, 9.17) is 11.5 Å². The largest absolute Gasteiger partial charge is 0.322 e. The van der Waals surface area contributed by atoms with Gasteiger partial charge in [-0.2, -0.15) is 23.6 Å². The van der Waals surface area contributed by atoms with Crippen LogP contribution in [-0.4, -0.2) is 90.2 Å². The molecule has 8 heterocycles. The van der Waals surface area contributed by atoms with Gasteiger partial charge in [0.05, 0.1) is 24.5 Å². The van der Waals surface area contributed by atoms with E-state index in [0.29, 0.717) is 43.1 Å². The Morgan fingerprint density at radius 2 is 1.27 bits per heavy atom. The van der Waals surface area contributed by atoms with Crippen molar-refractivity contribution in [3.8, 4) is 21.1 Å². The second kappa shape index (κ2) is 16.9. The predicted molar refractivity (Wildman–Crippen MR) is 206 cm³/mol. The zero-order valence-corrected chi connectivity index (χ0v) is 31.0. The van der Waals surface area contributed by atoms with Gasteiger partial charge in [-0.25, -0.2) is 19.9 Å². The van der Waals surface area contributed by atoms with Crippen LogP contribution in [-0.2, 0) is 9.59 Å². The van der Waals surface area contributed by atoms with Crippen molar-refractivity contribution in [3.05, 3.63) is 80.6 Å². The van der Waals surface area contributed by atoms with E-state index in [1.807, 2.05) is 0 Å². The van der Waals surface area contributed by atoms with Gasteiger partial charge in [0.2, 0.25) is 27.6 Å². The summed E-state index contributed by atoms with van der Waals surface area (Å²) in [5, 5.41) is 21.4. The van der Waals surface area contributed by atoms with Gasteiger partial charge in [0.25, 0.3) is 5.56 Å². The van der Waals surface area contributed by atoms with Crippen molar-refractivity contribution in [1.82, 2.24) is 49.8 Å². The fourth-order valence-electron chi connectivity index (χ4n) is 6.25. The molecule has 0 saturated carbocycles. The van der Waals surface area contributed by atoms with Gasteiger partial charge >= 0.3 is 5.56 Å². The minimum absolute atomic E-state index is 0.0801. The molecular weight excluding hydrogens is 752 g/mol. The third-order valence-corrected chi connectivity index (χ3v) is 11.0. The molecule has 18 nitrogen and oxygen atoms in total. The molecule has 6 aromatic rings. The normalized spacial score (nSPS) is 15.1. The van der Waals surface area contributed by atoms with Crippen LogP contribution in [0, 0.1) is 5.82 Å². The summed E-state index contributed by atoms with van der Waals surface area (Å²) in [7, 11) is 0. The smallest absolute Gasteiger partial charge is 0.311 e. The van der Waals surface area contributed by atoms with Crippen molar-refractivity contribution in [3.63, 3.8) is 0 Å². The lowest BCUT2D eigenvalue weighted by atomic mass is 9.94. The number of piperidine rings is 2. The van der Waals surface area contributed by atoms with E-state index in [1.165, 1.54) is 33.4 Å². The maximum absolute atomic E-state index is 14.7. The Morgan fingerprint density at radius 1 is 0.764 bits per heavy atom. The molecule has 0 unspecified atom stereocenters. The van der Waals surface area contributed by atoms with E-state index in [0.717, 1.165) is 67.6 Å². The minimum atomic E-state index is -0.841. The number of carbonyl (C=O) groups excluding carboxylic acids is 2. The third kappa shape index (κ3) is 8.61. The number of hydrogen-bond donors (Lipinski definition) is 6. The fraction of sp³-hybridized carbons (Fsp3) is 0.353. The molecule has 0 radical (unpaired) electrons. The molecule has 8 rings (SSSR count).